The largest absolute Gasteiger partial charge is 0.508 e. The number of esters is 1. The van der Waals surface area contributed by atoms with Gasteiger partial charge in [-0.2, -0.15) is 0 Å². The Morgan fingerprint density at radius 2 is 1.69 bits per heavy atom. The molecule has 4 aromatic rings. The van der Waals surface area contributed by atoms with E-state index >= 15 is 0 Å². The summed E-state index contributed by atoms with van der Waals surface area (Å²) >= 11 is 0. The molecule has 0 fully saturated rings. The fourth-order valence-electron chi connectivity index (χ4n) is 3.96. The molecule has 8 nitrogen and oxygen atoms in total. The molecule has 8 heteroatoms. The molecule has 0 bridgehead atoms. The van der Waals surface area contributed by atoms with E-state index in [1.54, 1.807) is 24.3 Å². The van der Waals surface area contributed by atoms with Gasteiger partial charge in [-0.15, -0.1) is 0 Å². The first kappa shape index (κ1) is 24.4. The number of nitrogens with zero attached hydrogens (tertiary/aromatic N) is 1. The maximum Gasteiger partial charge on any atom is 0.336 e. The lowest BCUT2D eigenvalue weighted by Crippen LogP contribution is -2.43. The molecular weight excluding hydrogens is 460 g/mol. The van der Waals surface area contributed by atoms with Gasteiger partial charge in [0.05, 0.1) is 18.2 Å². The highest BCUT2D eigenvalue weighted by Crippen LogP contribution is 2.27. The average molecular weight is 485 g/mol. The fourth-order valence-corrected chi connectivity index (χ4v) is 3.96. The van der Waals surface area contributed by atoms with Gasteiger partial charge in [0.1, 0.15) is 17.5 Å². The lowest BCUT2D eigenvalue weighted by Gasteiger charge is -2.17. The van der Waals surface area contributed by atoms with Crippen LogP contribution in [-0.2, 0) is 16.0 Å². The minimum absolute atomic E-state index is 0.0736. The van der Waals surface area contributed by atoms with Gasteiger partial charge in [-0.25, -0.2) is 14.6 Å². The number of hydrogen-bond donors (Lipinski definition) is 3. The zero-order valence-electron chi connectivity index (χ0n) is 19.7. The lowest BCUT2D eigenvalue weighted by atomic mass is 9.99. The lowest BCUT2D eigenvalue weighted by molar-refractivity contribution is -0.142. The minimum atomic E-state index is -1.20. The number of amides is 1. The van der Waals surface area contributed by atoms with Crippen molar-refractivity contribution < 1.29 is 29.3 Å². The number of methoxy groups -OCH3 is 1. The summed E-state index contributed by atoms with van der Waals surface area (Å²) in [6, 6.07) is 19.4. The first-order chi connectivity index (χ1) is 17.2. The van der Waals surface area contributed by atoms with E-state index in [1.165, 1.54) is 25.3 Å². The van der Waals surface area contributed by atoms with Gasteiger partial charge in [-0.1, -0.05) is 48.0 Å². The molecule has 0 aliphatic rings. The number of pyridine rings is 1. The zero-order valence-corrected chi connectivity index (χ0v) is 19.7. The molecule has 4 rings (SSSR count). The number of aryl methyl sites for hydroxylation is 1. The number of phenols is 1. The maximum atomic E-state index is 13.0. The van der Waals surface area contributed by atoms with Crippen LogP contribution in [0.1, 0.15) is 32.0 Å². The van der Waals surface area contributed by atoms with Gasteiger partial charge in [0.25, 0.3) is 5.91 Å². The van der Waals surface area contributed by atoms with Crippen molar-refractivity contribution in [3.05, 3.63) is 95.2 Å². The number of carbonyl (C=O) groups is 3. The van der Waals surface area contributed by atoms with Gasteiger partial charge >= 0.3 is 11.9 Å². The molecule has 3 aromatic carbocycles. The number of aromatic nitrogens is 1. The maximum absolute atomic E-state index is 13.0. The van der Waals surface area contributed by atoms with Crippen LogP contribution in [0.2, 0.25) is 0 Å². The number of benzene rings is 3. The second kappa shape index (κ2) is 10.3. The van der Waals surface area contributed by atoms with Crippen molar-refractivity contribution in [2.24, 2.45) is 0 Å². The van der Waals surface area contributed by atoms with Crippen molar-refractivity contribution in [3.63, 3.8) is 0 Å². The summed E-state index contributed by atoms with van der Waals surface area (Å²) in [7, 11) is 1.21. The number of carbonyl (C=O) groups excluding carboxylic acids is 2. The number of nitrogens with one attached hydrogen (secondary N) is 1. The molecule has 0 radical (unpaired) electrons. The molecular formula is C28H24N2O6. The van der Waals surface area contributed by atoms with Crippen molar-refractivity contribution in [1.82, 2.24) is 10.3 Å². The number of ether oxygens (including phenoxy) is 1. The van der Waals surface area contributed by atoms with Crippen molar-refractivity contribution in [3.8, 4) is 16.9 Å². The van der Waals surface area contributed by atoms with Crippen molar-refractivity contribution in [2.75, 3.05) is 7.11 Å². The summed E-state index contributed by atoms with van der Waals surface area (Å²) < 4.78 is 4.82. The Balaban J connectivity index is 1.67. The van der Waals surface area contributed by atoms with Crippen LogP contribution in [0.3, 0.4) is 0 Å². The number of carboxylic acid groups (broad SMARTS) is 1. The number of aromatic hydroxyl groups is 1. The molecule has 0 unspecified atom stereocenters. The van der Waals surface area contributed by atoms with Crippen molar-refractivity contribution in [1.29, 1.82) is 0 Å². The fraction of sp³-hybridized carbons (Fsp3) is 0.143. The van der Waals surface area contributed by atoms with E-state index in [1.807, 2.05) is 37.3 Å². The third kappa shape index (κ3) is 5.33. The highest BCUT2D eigenvalue weighted by molar-refractivity contribution is 6.07. The van der Waals surface area contributed by atoms with Gasteiger partial charge in [0, 0.05) is 11.8 Å². The smallest absolute Gasteiger partial charge is 0.336 e. The van der Waals surface area contributed by atoms with Gasteiger partial charge < -0.3 is 20.3 Å². The minimum Gasteiger partial charge on any atom is -0.508 e. The SMILES string of the molecule is COC(=O)[C@H](Cc1ccc(O)cc1)NC(=O)c1cc(C(=O)O)c2cc(-c3cccc(C)c3)ccc2n1. The first-order valence-electron chi connectivity index (χ1n) is 11.2. The summed E-state index contributed by atoms with van der Waals surface area (Å²) in [6.07, 6.45) is 0.109. The van der Waals surface area contributed by atoms with Gasteiger partial charge in [0.2, 0.25) is 0 Å². The van der Waals surface area contributed by atoms with Crippen molar-refractivity contribution in [2.45, 2.75) is 19.4 Å². The third-order valence-electron chi connectivity index (χ3n) is 5.79. The molecule has 0 saturated carbocycles. The van der Waals surface area contributed by atoms with Gasteiger partial charge in [-0.05, 0) is 53.9 Å². The standard InChI is InChI=1S/C28H24N2O6/c1-16-4-3-5-18(12-16)19-8-11-23-21(14-19)22(27(33)34)15-24(29-23)26(32)30-25(28(35)36-2)13-17-6-9-20(31)10-7-17/h3-12,14-15,25,31H,13H2,1-2H3,(H,30,32)(H,33,34)/t25-/m0/s1. The normalized spacial score (nSPS) is 11.6. The Morgan fingerprint density at radius 1 is 0.972 bits per heavy atom. The van der Waals surface area contributed by atoms with Crippen LogP contribution in [-0.4, -0.2) is 46.2 Å². The molecule has 3 N–H and O–H groups in total. The molecule has 0 spiro atoms. The summed E-state index contributed by atoms with van der Waals surface area (Å²) in [5, 5.41) is 22.3. The predicted octanol–water partition coefficient (Wildman–Crippen LogP) is 4.13. The predicted molar refractivity (Wildman–Crippen MR) is 134 cm³/mol. The summed E-state index contributed by atoms with van der Waals surface area (Å²) in [6.45, 7) is 1.98. The molecule has 0 aliphatic heterocycles. The van der Waals surface area contributed by atoms with E-state index in [4.69, 9.17) is 4.74 Å². The molecule has 1 amide bonds. The number of phenolic OH excluding ortho intramolecular Hbond substituents is 1. The number of hydrogen-bond acceptors (Lipinski definition) is 6. The van der Waals surface area contributed by atoms with E-state index < -0.39 is 23.9 Å². The van der Waals surface area contributed by atoms with Crippen LogP contribution in [0, 0.1) is 6.92 Å². The van der Waals surface area contributed by atoms with Crippen LogP contribution in [0.4, 0.5) is 0 Å². The Bertz CT molecular complexity index is 1460. The molecule has 1 atom stereocenters. The molecule has 182 valence electrons. The molecule has 0 saturated heterocycles. The Kier molecular flexibility index (Phi) is 6.96. The summed E-state index contributed by atoms with van der Waals surface area (Å²) in [4.78, 5) is 41.8. The van der Waals surface area contributed by atoms with Crippen LogP contribution >= 0.6 is 0 Å². The number of fused-ring (bicyclic) bond motifs is 1. The third-order valence-corrected chi connectivity index (χ3v) is 5.79. The highest BCUT2D eigenvalue weighted by Gasteiger charge is 2.25. The Morgan fingerprint density at radius 3 is 2.36 bits per heavy atom. The van der Waals surface area contributed by atoms with Crippen LogP contribution in [0.15, 0.2) is 72.8 Å². The van der Waals surface area contributed by atoms with Crippen LogP contribution < -0.4 is 5.32 Å². The molecule has 36 heavy (non-hydrogen) atoms. The number of carboxylic acids is 1. The highest BCUT2D eigenvalue weighted by atomic mass is 16.5. The van der Waals surface area contributed by atoms with E-state index in [9.17, 15) is 24.6 Å². The number of rotatable bonds is 7. The van der Waals surface area contributed by atoms with Crippen LogP contribution in [0.25, 0.3) is 22.0 Å². The van der Waals surface area contributed by atoms with E-state index in [0.717, 1.165) is 16.7 Å². The average Bonchev–Trinajstić information content (AvgIpc) is 2.87. The second-order valence-corrected chi connectivity index (χ2v) is 8.38. The summed E-state index contributed by atoms with van der Waals surface area (Å²) in [5.74, 6) is -2.51. The molecule has 1 heterocycles. The monoisotopic (exact) mass is 484 g/mol. The van der Waals surface area contributed by atoms with E-state index in [0.29, 0.717) is 16.5 Å². The number of aromatic carboxylic acids is 1. The van der Waals surface area contributed by atoms with Crippen LogP contribution in [0.5, 0.6) is 5.75 Å². The topological polar surface area (TPSA) is 126 Å². The Labute approximate surface area is 207 Å². The summed E-state index contributed by atoms with van der Waals surface area (Å²) in [5.41, 5.74) is 3.64. The van der Waals surface area contributed by atoms with Gasteiger partial charge in [-0.3, -0.25) is 4.79 Å². The molecule has 1 aromatic heterocycles. The second-order valence-electron chi connectivity index (χ2n) is 8.38. The van der Waals surface area contributed by atoms with Gasteiger partial charge in [0.15, 0.2) is 0 Å². The first-order valence-corrected chi connectivity index (χ1v) is 11.2. The quantitative estimate of drug-likeness (QED) is 0.337. The zero-order chi connectivity index (χ0) is 25.8. The molecule has 0 aliphatic carbocycles. The van der Waals surface area contributed by atoms with E-state index in [-0.39, 0.29) is 23.4 Å². The van der Waals surface area contributed by atoms with Crippen molar-refractivity contribution >= 4 is 28.7 Å². The van der Waals surface area contributed by atoms with E-state index in [2.05, 4.69) is 10.3 Å². The Hall–Kier alpha value is -4.72.